The Morgan fingerprint density at radius 2 is 2.04 bits per heavy atom. The number of benzene rings is 2. The molecule has 4 nitrogen and oxygen atoms in total. The molecule has 1 saturated heterocycles. The molecule has 0 bridgehead atoms. The average Bonchev–Trinajstić information content (AvgIpc) is 2.91. The number of anilines is 1. The third-order valence-corrected chi connectivity index (χ3v) is 5.25. The normalized spacial score (nSPS) is 23.4. The number of hydrogen-bond acceptors (Lipinski definition) is 4. The molecule has 1 aliphatic rings. The van der Waals surface area contributed by atoms with Gasteiger partial charge in [-0.05, 0) is 37.1 Å². The van der Waals surface area contributed by atoms with Crippen molar-refractivity contribution in [3.05, 3.63) is 64.6 Å². The summed E-state index contributed by atoms with van der Waals surface area (Å²) < 4.78 is 6.12. The van der Waals surface area contributed by atoms with Crippen molar-refractivity contribution in [3.63, 3.8) is 0 Å². The second-order valence-electron chi connectivity index (χ2n) is 6.65. The average molecular weight is 403 g/mol. The third-order valence-electron chi connectivity index (χ3n) is 4.75. The number of halogens is 1. The molecule has 2 aromatic carbocycles. The lowest BCUT2D eigenvalue weighted by atomic mass is 9.95. The zero-order valence-electron chi connectivity index (χ0n) is 14.5. The van der Waals surface area contributed by atoms with Gasteiger partial charge in [-0.3, -0.25) is 4.90 Å². The standard InChI is InChI=1S/C20H23BrN2O2/c1-15-12-20(19(24)25-2,22-18-10-6-9-17(21)11-18)14-23(15)13-16-7-4-3-5-8-16/h3-11,15,22H,12-14H2,1-2H3. The van der Waals surface area contributed by atoms with Crippen molar-refractivity contribution in [1.82, 2.24) is 4.90 Å². The summed E-state index contributed by atoms with van der Waals surface area (Å²) in [6, 6.07) is 18.5. The molecular formula is C20H23BrN2O2. The Balaban J connectivity index is 1.83. The van der Waals surface area contributed by atoms with Gasteiger partial charge < -0.3 is 10.1 Å². The van der Waals surface area contributed by atoms with Crippen LogP contribution >= 0.6 is 15.9 Å². The highest BCUT2D eigenvalue weighted by Gasteiger charge is 2.49. The molecule has 2 atom stereocenters. The van der Waals surface area contributed by atoms with Gasteiger partial charge in [0.15, 0.2) is 0 Å². The van der Waals surface area contributed by atoms with Crippen LogP contribution in [0.15, 0.2) is 59.1 Å². The van der Waals surface area contributed by atoms with E-state index in [-0.39, 0.29) is 12.0 Å². The fraction of sp³-hybridized carbons (Fsp3) is 0.350. The first-order valence-corrected chi connectivity index (χ1v) is 9.22. The second kappa shape index (κ2) is 7.58. The molecule has 1 aliphatic heterocycles. The maximum Gasteiger partial charge on any atom is 0.332 e. The largest absolute Gasteiger partial charge is 0.467 e. The van der Waals surface area contributed by atoms with Crippen LogP contribution in [0.3, 0.4) is 0 Å². The van der Waals surface area contributed by atoms with Gasteiger partial charge in [0.25, 0.3) is 0 Å². The van der Waals surface area contributed by atoms with Crippen molar-refractivity contribution in [3.8, 4) is 0 Å². The van der Waals surface area contributed by atoms with Gasteiger partial charge in [-0.15, -0.1) is 0 Å². The number of methoxy groups -OCH3 is 1. The number of nitrogens with one attached hydrogen (secondary N) is 1. The molecule has 5 heteroatoms. The molecule has 0 amide bonds. The smallest absolute Gasteiger partial charge is 0.332 e. The van der Waals surface area contributed by atoms with Crippen LogP contribution in [0.5, 0.6) is 0 Å². The maximum atomic E-state index is 12.6. The van der Waals surface area contributed by atoms with Gasteiger partial charge >= 0.3 is 5.97 Å². The number of likely N-dealkylation sites (tertiary alicyclic amines) is 1. The fourth-order valence-corrected chi connectivity index (χ4v) is 3.96. The Labute approximate surface area is 157 Å². The lowest BCUT2D eigenvalue weighted by Crippen LogP contribution is -2.49. The predicted molar refractivity (Wildman–Crippen MR) is 103 cm³/mol. The number of hydrogen-bond donors (Lipinski definition) is 1. The first kappa shape index (κ1) is 18.0. The number of ether oxygens (including phenoxy) is 1. The van der Waals surface area contributed by atoms with E-state index in [4.69, 9.17) is 4.74 Å². The van der Waals surface area contributed by atoms with Crippen molar-refractivity contribution in [2.75, 3.05) is 19.0 Å². The van der Waals surface area contributed by atoms with Crippen LogP contribution in [0, 0.1) is 0 Å². The molecule has 0 aliphatic carbocycles. The van der Waals surface area contributed by atoms with Gasteiger partial charge in [0.05, 0.1) is 7.11 Å². The van der Waals surface area contributed by atoms with Crippen molar-refractivity contribution in [1.29, 1.82) is 0 Å². The third kappa shape index (κ3) is 4.05. The zero-order chi connectivity index (χ0) is 17.9. The zero-order valence-corrected chi connectivity index (χ0v) is 16.1. The van der Waals surface area contributed by atoms with Crippen LogP contribution in [0.4, 0.5) is 5.69 Å². The maximum absolute atomic E-state index is 12.6. The highest BCUT2D eigenvalue weighted by atomic mass is 79.9. The van der Waals surface area contributed by atoms with Crippen LogP contribution in [-0.4, -0.2) is 36.1 Å². The van der Waals surface area contributed by atoms with Crippen molar-refractivity contribution in [2.45, 2.75) is 31.5 Å². The van der Waals surface area contributed by atoms with Crippen molar-refractivity contribution >= 4 is 27.6 Å². The van der Waals surface area contributed by atoms with Crippen LogP contribution in [0.25, 0.3) is 0 Å². The van der Waals surface area contributed by atoms with E-state index in [0.717, 1.165) is 16.7 Å². The minimum atomic E-state index is -0.732. The van der Waals surface area contributed by atoms with E-state index >= 15 is 0 Å². The number of esters is 1. The molecule has 1 fully saturated rings. The Morgan fingerprint density at radius 3 is 2.72 bits per heavy atom. The van der Waals surface area contributed by atoms with Gasteiger partial charge in [0.2, 0.25) is 0 Å². The molecule has 0 saturated carbocycles. The summed E-state index contributed by atoms with van der Waals surface area (Å²) >= 11 is 3.48. The van der Waals surface area contributed by atoms with E-state index in [0.29, 0.717) is 13.0 Å². The molecule has 1 heterocycles. The molecule has 2 aromatic rings. The molecule has 0 aromatic heterocycles. The summed E-state index contributed by atoms with van der Waals surface area (Å²) in [5, 5.41) is 3.45. The highest BCUT2D eigenvalue weighted by Crippen LogP contribution is 2.33. The molecule has 1 N–H and O–H groups in total. The summed E-state index contributed by atoms with van der Waals surface area (Å²) in [4.78, 5) is 15.0. The summed E-state index contributed by atoms with van der Waals surface area (Å²) in [5.74, 6) is -0.213. The van der Waals surface area contributed by atoms with E-state index in [2.05, 4.69) is 45.2 Å². The van der Waals surface area contributed by atoms with Crippen LogP contribution in [-0.2, 0) is 16.1 Å². The van der Waals surface area contributed by atoms with E-state index in [9.17, 15) is 4.79 Å². The summed E-state index contributed by atoms with van der Waals surface area (Å²) in [6.45, 7) is 3.60. The minimum absolute atomic E-state index is 0.213. The summed E-state index contributed by atoms with van der Waals surface area (Å²) in [6.07, 6.45) is 0.707. The van der Waals surface area contributed by atoms with E-state index in [1.54, 1.807) is 0 Å². The molecule has 0 radical (unpaired) electrons. The van der Waals surface area contributed by atoms with Crippen molar-refractivity contribution in [2.24, 2.45) is 0 Å². The van der Waals surface area contributed by atoms with Crippen LogP contribution in [0.2, 0.25) is 0 Å². The lowest BCUT2D eigenvalue weighted by molar-refractivity contribution is -0.145. The quantitative estimate of drug-likeness (QED) is 0.765. The van der Waals surface area contributed by atoms with E-state index < -0.39 is 5.54 Å². The van der Waals surface area contributed by atoms with Crippen molar-refractivity contribution < 1.29 is 9.53 Å². The first-order valence-electron chi connectivity index (χ1n) is 8.42. The molecule has 0 spiro atoms. The number of rotatable bonds is 5. The minimum Gasteiger partial charge on any atom is -0.467 e. The lowest BCUT2D eigenvalue weighted by Gasteiger charge is -2.29. The summed E-state index contributed by atoms with van der Waals surface area (Å²) in [5.41, 5.74) is 1.43. The Bertz CT molecular complexity index is 737. The van der Waals surface area contributed by atoms with Crippen LogP contribution < -0.4 is 5.32 Å². The molecule has 3 rings (SSSR count). The number of carbonyl (C=O) groups excluding carboxylic acids is 1. The topological polar surface area (TPSA) is 41.6 Å². The highest BCUT2D eigenvalue weighted by molar-refractivity contribution is 9.10. The first-order chi connectivity index (χ1) is 12.0. The monoisotopic (exact) mass is 402 g/mol. The molecule has 132 valence electrons. The SMILES string of the molecule is COC(=O)C1(Nc2cccc(Br)c2)CC(C)N(Cc2ccccc2)C1. The fourth-order valence-electron chi connectivity index (χ4n) is 3.56. The Hall–Kier alpha value is -1.85. The van der Waals surface area contributed by atoms with E-state index in [1.165, 1.54) is 12.7 Å². The number of nitrogens with zero attached hydrogens (tertiary/aromatic N) is 1. The molecular weight excluding hydrogens is 380 g/mol. The Morgan fingerprint density at radius 1 is 1.28 bits per heavy atom. The van der Waals surface area contributed by atoms with Gasteiger partial charge in [-0.1, -0.05) is 52.3 Å². The number of carbonyl (C=O) groups is 1. The molecule has 2 unspecified atom stereocenters. The van der Waals surface area contributed by atoms with Gasteiger partial charge in [0.1, 0.15) is 5.54 Å². The second-order valence-corrected chi connectivity index (χ2v) is 7.57. The van der Waals surface area contributed by atoms with Crippen LogP contribution in [0.1, 0.15) is 18.9 Å². The van der Waals surface area contributed by atoms with Gasteiger partial charge in [-0.25, -0.2) is 4.79 Å². The molecule has 25 heavy (non-hydrogen) atoms. The van der Waals surface area contributed by atoms with Gasteiger partial charge in [0, 0.05) is 29.3 Å². The predicted octanol–water partition coefficient (Wildman–Crippen LogP) is 4.07. The van der Waals surface area contributed by atoms with Gasteiger partial charge in [-0.2, -0.15) is 0 Å². The van der Waals surface area contributed by atoms with E-state index in [1.807, 2.05) is 42.5 Å². The Kier molecular flexibility index (Phi) is 5.45. The summed E-state index contributed by atoms with van der Waals surface area (Å²) in [7, 11) is 1.46.